The SMILES string of the molecule is CC(C)(C)OC(=O)NN1C(=O)CSC1=O. The van der Waals surface area contributed by atoms with Crippen LogP contribution in [0.2, 0.25) is 0 Å². The van der Waals surface area contributed by atoms with E-state index >= 15 is 0 Å². The van der Waals surface area contributed by atoms with Crippen molar-refractivity contribution in [1.29, 1.82) is 0 Å². The van der Waals surface area contributed by atoms with Gasteiger partial charge in [0.05, 0.1) is 5.75 Å². The molecule has 15 heavy (non-hydrogen) atoms. The summed E-state index contributed by atoms with van der Waals surface area (Å²) in [5, 5.41) is 0.171. The zero-order chi connectivity index (χ0) is 11.6. The third kappa shape index (κ3) is 3.43. The van der Waals surface area contributed by atoms with Gasteiger partial charge in [0.1, 0.15) is 5.60 Å². The molecule has 1 heterocycles. The molecule has 3 amide bonds. The second-order valence-electron chi connectivity index (χ2n) is 3.90. The molecule has 6 nitrogen and oxygen atoms in total. The van der Waals surface area contributed by atoms with Crippen LogP contribution in [-0.4, -0.2) is 33.6 Å². The molecule has 1 rings (SSSR count). The van der Waals surface area contributed by atoms with E-state index in [2.05, 4.69) is 5.43 Å². The topological polar surface area (TPSA) is 75.7 Å². The lowest BCUT2D eigenvalue weighted by molar-refractivity contribution is -0.126. The molecule has 0 aliphatic carbocycles. The molecular formula is C8H12N2O4S. The minimum absolute atomic E-state index is 0.0502. The highest BCUT2D eigenvalue weighted by Crippen LogP contribution is 2.16. The van der Waals surface area contributed by atoms with Crippen LogP contribution in [0.3, 0.4) is 0 Å². The van der Waals surface area contributed by atoms with Crippen LogP contribution in [0.4, 0.5) is 9.59 Å². The third-order valence-electron chi connectivity index (χ3n) is 1.35. The molecule has 0 spiro atoms. The normalized spacial score (nSPS) is 16.9. The van der Waals surface area contributed by atoms with Crippen molar-refractivity contribution in [2.45, 2.75) is 26.4 Å². The Morgan fingerprint density at radius 3 is 2.47 bits per heavy atom. The van der Waals surface area contributed by atoms with E-state index in [0.29, 0.717) is 5.01 Å². The smallest absolute Gasteiger partial charge is 0.427 e. The van der Waals surface area contributed by atoms with Gasteiger partial charge in [-0.05, 0) is 20.8 Å². The van der Waals surface area contributed by atoms with Gasteiger partial charge in [-0.1, -0.05) is 11.8 Å². The monoisotopic (exact) mass is 232 g/mol. The fourth-order valence-electron chi connectivity index (χ4n) is 0.855. The van der Waals surface area contributed by atoms with Gasteiger partial charge in [-0.3, -0.25) is 9.59 Å². The number of nitrogens with one attached hydrogen (secondary N) is 1. The van der Waals surface area contributed by atoms with Crippen molar-refractivity contribution in [3.05, 3.63) is 0 Å². The summed E-state index contributed by atoms with van der Waals surface area (Å²) < 4.78 is 4.89. The van der Waals surface area contributed by atoms with E-state index in [-0.39, 0.29) is 5.75 Å². The lowest BCUT2D eigenvalue weighted by atomic mass is 10.2. The van der Waals surface area contributed by atoms with Crippen molar-refractivity contribution in [1.82, 2.24) is 10.4 Å². The molecule has 0 unspecified atom stereocenters. The molecule has 1 aliphatic heterocycles. The minimum Gasteiger partial charge on any atom is -0.443 e. The van der Waals surface area contributed by atoms with Gasteiger partial charge in [0, 0.05) is 0 Å². The summed E-state index contributed by atoms with van der Waals surface area (Å²) in [7, 11) is 0. The van der Waals surface area contributed by atoms with Crippen LogP contribution < -0.4 is 5.43 Å². The molecule has 0 aromatic heterocycles. The summed E-state index contributed by atoms with van der Waals surface area (Å²) in [6, 6.07) is 0. The summed E-state index contributed by atoms with van der Waals surface area (Å²) in [4.78, 5) is 33.4. The molecule has 0 bridgehead atoms. The summed E-state index contributed by atoms with van der Waals surface area (Å²) in [5.74, 6) is -0.398. The quantitative estimate of drug-likeness (QED) is 0.733. The first-order valence-corrected chi connectivity index (χ1v) is 5.27. The Hall–Kier alpha value is -1.24. The maximum Gasteiger partial charge on any atom is 0.427 e. The van der Waals surface area contributed by atoms with Crippen LogP contribution in [0, 0.1) is 0 Å². The maximum absolute atomic E-state index is 11.2. The molecule has 0 aromatic rings. The van der Waals surface area contributed by atoms with Crippen molar-refractivity contribution in [3.63, 3.8) is 0 Å². The average Bonchev–Trinajstić information content (AvgIpc) is 2.32. The van der Waals surface area contributed by atoms with Gasteiger partial charge < -0.3 is 4.74 Å². The van der Waals surface area contributed by atoms with Gasteiger partial charge in [0.15, 0.2) is 0 Å². The van der Waals surface area contributed by atoms with Gasteiger partial charge in [0.2, 0.25) is 0 Å². The molecule has 0 aromatic carbocycles. The predicted octanol–water partition coefficient (Wildman–Crippen LogP) is 1.12. The van der Waals surface area contributed by atoms with Crippen molar-refractivity contribution < 1.29 is 19.1 Å². The van der Waals surface area contributed by atoms with E-state index in [1.54, 1.807) is 20.8 Å². The van der Waals surface area contributed by atoms with Crippen LogP contribution in [-0.2, 0) is 9.53 Å². The van der Waals surface area contributed by atoms with E-state index in [4.69, 9.17) is 4.74 Å². The number of thioether (sulfide) groups is 1. The Kier molecular flexibility index (Phi) is 3.23. The Morgan fingerprint density at radius 2 is 2.07 bits per heavy atom. The zero-order valence-corrected chi connectivity index (χ0v) is 9.51. The Balaban J connectivity index is 2.51. The van der Waals surface area contributed by atoms with E-state index in [9.17, 15) is 14.4 Å². The minimum atomic E-state index is -0.813. The van der Waals surface area contributed by atoms with E-state index in [1.165, 1.54) is 0 Å². The molecule has 7 heteroatoms. The van der Waals surface area contributed by atoms with Crippen LogP contribution in [0.5, 0.6) is 0 Å². The van der Waals surface area contributed by atoms with Gasteiger partial charge in [-0.15, -0.1) is 0 Å². The Bertz CT molecular complexity index is 294. The van der Waals surface area contributed by atoms with E-state index in [1.807, 2.05) is 0 Å². The number of imide groups is 1. The number of hydrazine groups is 1. The fraction of sp³-hybridized carbons (Fsp3) is 0.625. The van der Waals surface area contributed by atoms with Gasteiger partial charge in [0.25, 0.3) is 5.91 Å². The molecule has 1 fully saturated rings. The van der Waals surface area contributed by atoms with Gasteiger partial charge >= 0.3 is 11.3 Å². The summed E-state index contributed by atoms with van der Waals surface area (Å²) in [5.41, 5.74) is 1.42. The molecular weight excluding hydrogens is 220 g/mol. The first-order valence-electron chi connectivity index (χ1n) is 4.29. The second-order valence-corrected chi connectivity index (χ2v) is 4.82. The number of carbonyl (C=O) groups is 3. The fourth-order valence-corrected chi connectivity index (χ4v) is 1.51. The average molecular weight is 232 g/mol. The molecule has 1 saturated heterocycles. The predicted molar refractivity (Wildman–Crippen MR) is 54.1 cm³/mol. The Morgan fingerprint density at radius 1 is 1.47 bits per heavy atom. The van der Waals surface area contributed by atoms with Gasteiger partial charge in [-0.2, -0.15) is 5.01 Å². The lowest BCUT2D eigenvalue weighted by Crippen LogP contribution is -2.47. The molecule has 1 aliphatic rings. The standard InChI is InChI=1S/C8H12N2O4S/c1-8(2,3)14-6(12)9-10-5(11)4-15-7(10)13/h4H2,1-3H3,(H,9,12). The first kappa shape index (κ1) is 11.8. The van der Waals surface area contributed by atoms with Crippen molar-refractivity contribution in [2.24, 2.45) is 0 Å². The van der Waals surface area contributed by atoms with Crippen LogP contribution in [0.15, 0.2) is 0 Å². The number of amides is 3. The summed E-state index contributed by atoms with van der Waals surface area (Å²) in [6.07, 6.45) is -0.813. The molecule has 0 atom stereocenters. The van der Waals surface area contributed by atoms with Crippen molar-refractivity contribution in [2.75, 3.05) is 5.75 Å². The van der Waals surface area contributed by atoms with Crippen LogP contribution in [0.1, 0.15) is 20.8 Å². The zero-order valence-electron chi connectivity index (χ0n) is 8.70. The number of hydrogen-bond donors (Lipinski definition) is 1. The molecule has 0 radical (unpaired) electrons. The number of hydrogen-bond acceptors (Lipinski definition) is 5. The highest BCUT2D eigenvalue weighted by atomic mass is 32.2. The lowest BCUT2D eigenvalue weighted by Gasteiger charge is -2.21. The maximum atomic E-state index is 11.2. The van der Waals surface area contributed by atoms with Crippen LogP contribution >= 0.6 is 11.8 Å². The summed E-state index contributed by atoms with van der Waals surface area (Å²) >= 11 is 0.841. The molecule has 1 N–H and O–H groups in total. The number of nitrogens with zero attached hydrogens (tertiary/aromatic N) is 1. The van der Waals surface area contributed by atoms with Crippen LogP contribution in [0.25, 0.3) is 0 Å². The van der Waals surface area contributed by atoms with Crippen molar-refractivity contribution in [3.8, 4) is 0 Å². The number of ether oxygens (including phenoxy) is 1. The highest BCUT2D eigenvalue weighted by molar-refractivity contribution is 8.14. The first-order chi connectivity index (χ1) is 6.79. The Labute approximate surface area is 91.3 Å². The molecule has 0 saturated carbocycles. The van der Waals surface area contributed by atoms with E-state index in [0.717, 1.165) is 11.8 Å². The summed E-state index contributed by atoms with van der Waals surface area (Å²) in [6.45, 7) is 5.07. The van der Waals surface area contributed by atoms with Crippen molar-refractivity contribution >= 4 is 29.0 Å². The molecule has 84 valence electrons. The number of carbonyl (C=O) groups excluding carboxylic acids is 3. The third-order valence-corrected chi connectivity index (χ3v) is 2.17. The van der Waals surface area contributed by atoms with E-state index < -0.39 is 22.8 Å². The number of rotatable bonds is 1. The van der Waals surface area contributed by atoms with Gasteiger partial charge in [-0.25, -0.2) is 10.2 Å². The highest BCUT2D eigenvalue weighted by Gasteiger charge is 2.32. The largest absolute Gasteiger partial charge is 0.443 e. The second kappa shape index (κ2) is 4.09.